The van der Waals surface area contributed by atoms with Gasteiger partial charge in [0, 0.05) is 6.42 Å². The highest BCUT2D eigenvalue weighted by Gasteiger charge is 2.30. The minimum Gasteiger partial charge on any atom is -0.481 e. The first-order valence-electron chi connectivity index (χ1n) is 9.19. The van der Waals surface area contributed by atoms with Gasteiger partial charge in [-0.2, -0.15) is 11.8 Å². The molecule has 0 rings (SSSR count). The summed E-state index contributed by atoms with van der Waals surface area (Å²) in [4.78, 5) is 58.7. The molecule has 0 radical (unpaired) electrons. The SMILES string of the molecule is CSCCC(N)C(=O)NC(CCC(=O)O)C(=O)NC(C)C(=O)NC(C(=O)O)C(C)O. The molecular formula is C17H30N4O8S. The second-order valence-electron chi connectivity index (χ2n) is 6.68. The van der Waals surface area contributed by atoms with E-state index >= 15 is 0 Å². The predicted molar refractivity (Wildman–Crippen MR) is 109 cm³/mol. The third-order valence-electron chi connectivity index (χ3n) is 4.05. The van der Waals surface area contributed by atoms with Gasteiger partial charge < -0.3 is 37.0 Å². The van der Waals surface area contributed by atoms with E-state index in [1.165, 1.54) is 25.6 Å². The third-order valence-corrected chi connectivity index (χ3v) is 4.69. The molecule has 0 saturated heterocycles. The molecule has 5 unspecified atom stereocenters. The van der Waals surface area contributed by atoms with Gasteiger partial charge in [0.05, 0.1) is 12.1 Å². The molecule has 0 fully saturated rings. The molecule has 3 amide bonds. The van der Waals surface area contributed by atoms with Crippen molar-refractivity contribution < 1.29 is 39.3 Å². The Morgan fingerprint density at radius 3 is 2.00 bits per heavy atom. The van der Waals surface area contributed by atoms with Crippen molar-refractivity contribution in [1.29, 1.82) is 0 Å². The van der Waals surface area contributed by atoms with Crippen molar-refractivity contribution in [2.75, 3.05) is 12.0 Å². The number of carbonyl (C=O) groups excluding carboxylic acids is 3. The number of rotatable bonds is 14. The van der Waals surface area contributed by atoms with Crippen molar-refractivity contribution in [3.8, 4) is 0 Å². The lowest BCUT2D eigenvalue weighted by atomic mass is 10.1. The standard InChI is InChI=1S/C17H30N4O8S/c1-8(14(25)21-13(9(2)22)17(28)29)19-16(27)11(4-5-12(23)24)20-15(26)10(18)6-7-30-3/h8-11,13,22H,4-7,18H2,1-3H3,(H,19,27)(H,20,26)(H,21,25)(H,23,24)(H,28,29). The lowest BCUT2D eigenvalue weighted by molar-refractivity contribution is -0.145. The van der Waals surface area contributed by atoms with Gasteiger partial charge in [0.15, 0.2) is 6.04 Å². The van der Waals surface area contributed by atoms with Crippen LogP contribution in [0.4, 0.5) is 0 Å². The summed E-state index contributed by atoms with van der Waals surface area (Å²) < 4.78 is 0. The minimum atomic E-state index is -1.58. The van der Waals surface area contributed by atoms with Gasteiger partial charge in [0.25, 0.3) is 0 Å². The number of amides is 3. The Morgan fingerprint density at radius 1 is 0.933 bits per heavy atom. The van der Waals surface area contributed by atoms with Gasteiger partial charge in [-0.3, -0.25) is 19.2 Å². The zero-order valence-electron chi connectivity index (χ0n) is 17.1. The minimum absolute atomic E-state index is 0.234. The van der Waals surface area contributed by atoms with E-state index in [0.717, 1.165) is 0 Å². The first-order chi connectivity index (χ1) is 13.9. The molecule has 0 bridgehead atoms. The van der Waals surface area contributed by atoms with Gasteiger partial charge in [-0.15, -0.1) is 0 Å². The fourth-order valence-corrected chi connectivity index (χ4v) is 2.73. The van der Waals surface area contributed by atoms with E-state index in [-0.39, 0.29) is 6.42 Å². The van der Waals surface area contributed by atoms with E-state index in [2.05, 4.69) is 16.0 Å². The Bertz CT molecular complexity index is 631. The van der Waals surface area contributed by atoms with Gasteiger partial charge in [-0.25, -0.2) is 4.79 Å². The van der Waals surface area contributed by atoms with Gasteiger partial charge in [-0.05, 0) is 38.7 Å². The van der Waals surface area contributed by atoms with Crippen molar-refractivity contribution >= 4 is 41.4 Å². The fraction of sp³-hybridized carbons (Fsp3) is 0.706. The predicted octanol–water partition coefficient (Wildman–Crippen LogP) is -2.13. The lowest BCUT2D eigenvalue weighted by Gasteiger charge is -2.23. The van der Waals surface area contributed by atoms with Crippen LogP contribution in [0.2, 0.25) is 0 Å². The average Bonchev–Trinajstić information content (AvgIpc) is 2.65. The zero-order chi connectivity index (χ0) is 23.4. The van der Waals surface area contributed by atoms with Gasteiger partial charge >= 0.3 is 11.9 Å². The average molecular weight is 451 g/mol. The molecule has 0 aliphatic rings. The van der Waals surface area contributed by atoms with E-state index in [1.807, 2.05) is 6.26 Å². The normalized spacial score (nSPS) is 15.8. The Kier molecular flexibility index (Phi) is 12.7. The van der Waals surface area contributed by atoms with E-state index in [0.29, 0.717) is 12.2 Å². The van der Waals surface area contributed by atoms with Gasteiger partial charge in [0.2, 0.25) is 17.7 Å². The molecule has 0 aromatic carbocycles. The van der Waals surface area contributed by atoms with Crippen LogP contribution in [0, 0.1) is 0 Å². The summed E-state index contributed by atoms with van der Waals surface area (Å²) in [5, 5.41) is 34.1. The number of nitrogens with one attached hydrogen (secondary N) is 3. The smallest absolute Gasteiger partial charge is 0.328 e. The quantitative estimate of drug-likeness (QED) is 0.153. The van der Waals surface area contributed by atoms with E-state index in [1.54, 1.807) is 0 Å². The number of hydrogen-bond donors (Lipinski definition) is 7. The highest BCUT2D eigenvalue weighted by Crippen LogP contribution is 2.03. The van der Waals surface area contributed by atoms with E-state index in [4.69, 9.17) is 15.9 Å². The van der Waals surface area contributed by atoms with Crippen LogP contribution in [0.1, 0.15) is 33.1 Å². The summed E-state index contributed by atoms with van der Waals surface area (Å²) in [6.45, 7) is 2.45. The first kappa shape index (κ1) is 27.6. The first-order valence-corrected chi connectivity index (χ1v) is 10.6. The number of aliphatic carboxylic acids is 2. The van der Waals surface area contributed by atoms with E-state index in [9.17, 15) is 29.1 Å². The number of aliphatic hydroxyl groups is 1. The summed E-state index contributed by atoms with van der Waals surface area (Å²) in [5.41, 5.74) is 5.75. The van der Waals surface area contributed by atoms with Gasteiger partial charge in [-0.1, -0.05) is 0 Å². The number of aliphatic hydroxyl groups excluding tert-OH is 1. The summed E-state index contributed by atoms with van der Waals surface area (Å²) >= 11 is 1.49. The summed E-state index contributed by atoms with van der Waals surface area (Å²) in [7, 11) is 0. The largest absolute Gasteiger partial charge is 0.481 e. The Labute approximate surface area is 178 Å². The molecule has 0 aliphatic carbocycles. The summed E-state index contributed by atoms with van der Waals surface area (Å²) in [5.74, 6) is -4.36. The van der Waals surface area contributed by atoms with Crippen LogP contribution >= 0.6 is 11.8 Å². The second-order valence-corrected chi connectivity index (χ2v) is 7.66. The lowest BCUT2D eigenvalue weighted by Crippen LogP contribution is -2.57. The highest BCUT2D eigenvalue weighted by molar-refractivity contribution is 7.98. The topological polar surface area (TPSA) is 208 Å². The Morgan fingerprint density at radius 2 is 1.53 bits per heavy atom. The van der Waals surface area contributed by atoms with Crippen LogP contribution in [0.25, 0.3) is 0 Å². The molecule has 5 atom stereocenters. The van der Waals surface area contributed by atoms with Crippen LogP contribution in [0.15, 0.2) is 0 Å². The highest BCUT2D eigenvalue weighted by atomic mass is 32.2. The van der Waals surface area contributed by atoms with Crippen molar-refractivity contribution in [2.24, 2.45) is 5.73 Å². The second kappa shape index (κ2) is 13.8. The van der Waals surface area contributed by atoms with Crippen molar-refractivity contribution in [3.63, 3.8) is 0 Å². The van der Waals surface area contributed by atoms with Crippen LogP contribution in [0.5, 0.6) is 0 Å². The van der Waals surface area contributed by atoms with Crippen LogP contribution in [0.3, 0.4) is 0 Å². The van der Waals surface area contributed by atoms with E-state index < -0.39 is 66.4 Å². The Balaban J connectivity index is 5.08. The van der Waals surface area contributed by atoms with Crippen molar-refractivity contribution in [3.05, 3.63) is 0 Å². The molecule has 0 saturated carbocycles. The van der Waals surface area contributed by atoms with Crippen LogP contribution < -0.4 is 21.7 Å². The number of thioether (sulfide) groups is 1. The number of nitrogens with two attached hydrogens (primary N) is 1. The third kappa shape index (κ3) is 10.4. The van der Waals surface area contributed by atoms with Crippen LogP contribution in [-0.4, -0.2) is 87.3 Å². The molecule has 0 aromatic heterocycles. The Hall–Kier alpha value is -2.38. The molecule has 30 heavy (non-hydrogen) atoms. The number of hydrogen-bond acceptors (Lipinski definition) is 8. The summed E-state index contributed by atoms with van der Waals surface area (Å²) in [6.07, 6.45) is 0.172. The molecule has 0 spiro atoms. The molecule has 0 aromatic rings. The van der Waals surface area contributed by atoms with Crippen molar-refractivity contribution in [2.45, 2.75) is 63.4 Å². The van der Waals surface area contributed by atoms with Gasteiger partial charge in [0.1, 0.15) is 12.1 Å². The number of carbonyl (C=O) groups is 5. The zero-order valence-corrected chi connectivity index (χ0v) is 17.9. The van der Waals surface area contributed by atoms with Crippen LogP contribution in [-0.2, 0) is 24.0 Å². The molecular weight excluding hydrogens is 420 g/mol. The molecule has 0 heterocycles. The number of carboxylic acids is 2. The maximum atomic E-state index is 12.5. The van der Waals surface area contributed by atoms with Crippen molar-refractivity contribution in [1.82, 2.24) is 16.0 Å². The maximum Gasteiger partial charge on any atom is 0.328 e. The number of carboxylic acid groups (broad SMARTS) is 2. The summed E-state index contributed by atoms with van der Waals surface area (Å²) in [6, 6.07) is -4.93. The monoisotopic (exact) mass is 450 g/mol. The fourth-order valence-electron chi connectivity index (χ4n) is 2.24. The maximum absolute atomic E-state index is 12.5. The molecule has 172 valence electrons. The molecule has 8 N–H and O–H groups in total. The molecule has 0 aliphatic heterocycles. The molecule has 13 heteroatoms. The molecule has 12 nitrogen and oxygen atoms in total.